The number of urea groups is 1. The van der Waals surface area contributed by atoms with Gasteiger partial charge in [0.2, 0.25) is 0 Å². The fourth-order valence-corrected chi connectivity index (χ4v) is 0.911. The van der Waals surface area contributed by atoms with Crippen LogP contribution in [0.2, 0.25) is 0 Å². The molecule has 6 nitrogen and oxygen atoms in total. The van der Waals surface area contributed by atoms with E-state index in [1.54, 1.807) is 13.8 Å². The van der Waals surface area contributed by atoms with Crippen LogP contribution in [0.25, 0.3) is 0 Å². The summed E-state index contributed by atoms with van der Waals surface area (Å²) in [5, 5.41) is 4.64. The minimum Gasteiger partial charge on any atom is -0.367 e. The van der Waals surface area contributed by atoms with Crippen LogP contribution in [-0.2, 0) is 9.53 Å². The zero-order chi connectivity index (χ0) is 13.5. The summed E-state index contributed by atoms with van der Waals surface area (Å²) >= 11 is 0. The number of hydrogen-bond donors (Lipinski definition) is 3. The quantitative estimate of drug-likeness (QED) is 0.630. The largest absolute Gasteiger partial charge is 0.367 e. The summed E-state index contributed by atoms with van der Waals surface area (Å²) in [4.78, 5) is 22.6. The standard InChI is InChI=1S/C11H23N3O3/c1-5-11(4,12)7-17-8(3)9(15)14-10(16)13-6-2/h8H,5-7,12H2,1-4H3,(H2,13,14,15,16). The minimum atomic E-state index is -0.702. The van der Waals surface area contributed by atoms with Crippen molar-refractivity contribution in [2.75, 3.05) is 13.2 Å². The molecule has 0 aromatic heterocycles. The molecule has 4 N–H and O–H groups in total. The van der Waals surface area contributed by atoms with Gasteiger partial charge in [0.05, 0.1) is 6.61 Å². The van der Waals surface area contributed by atoms with Gasteiger partial charge in [-0.1, -0.05) is 6.92 Å². The van der Waals surface area contributed by atoms with Crippen LogP contribution >= 0.6 is 0 Å². The molecule has 0 aromatic rings. The summed E-state index contributed by atoms with van der Waals surface area (Å²) in [7, 11) is 0. The van der Waals surface area contributed by atoms with Crippen LogP contribution in [0.15, 0.2) is 0 Å². The molecule has 2 unspecified atom stereocenters. The number of ether oxygens (including phenoxy) is 1. The predicted molar refractivity (Wildman–Crippen MR) is 65.5 cm³/mol. The van der Waals surface area contributed by atoms with Crippen LogP contribution < -0.4 is 16.4 Å². The minimum absolute atomic E-state index is 0.271. The van der Waals surface area contributed by atoms with Crippen molar-refractivity contribution in [3.63, 3.8) is 0 Å². The van der Waals surface area contributed by atoms with Gasteiger partial charge in [-0.05, 0) is 27.2 Å². The van der Waals surface area contributed by atoms with E-state index in [-0.39, 0.29) is 6.61 Å². The predicted octanol–water partition coefficient (Wildman–Crippen LogP) is 0.365. The molecule has 0 spiro atoms. The monoisotopic (exact) mass is 245 g/mol. The molecule has 0 rings (SSSR count). The first-order valence-corrected chi connectivity index (χ1v) is 5.81. The molecule has 0 bridgehead atoms. The van der Waals surface area contributed by atoms with Crippen LogP contribution in [0.1, 0.15) is 34.1 Å². The Labute approximate surface area is 102 Å². The molecule has 2 atom stereocenters. The van der Waals surface area contributed by atoms with Crippen molar-refractivity contribution in [3.8, 4) is 0 Å². The lowest BCUT2D eigenvalue weighted by Crippen LogP contribution is -2.47. The van der Waals surface area contributed by atoms with Crippen LogP contribution in [-0.4, -0.2) is 36.7 Å². The van der Waals surface area contributed by atoms with Crippen molar-refractivity contribution in [2.45, 2.75) is 45.8 Å². The smallest absolute Gasteiger partial charge is 0.321 e. The number of imide groups is 1. The number of amides is 3. The number of hydrogen-bond acceptors (Lipinski definition) is 4. The van der Waals surface area contributed by atoms with Crippen LogP contribution in [0.5, 0.6) is 0 Å². The summed E-state index contributed by atoms with van der Waals surface area (Å²) in [6.45, 7) is 7.88. The maximum Gasteiger partial charge on any atom is 0.321 e. The molecule has 0 fully saturated rings. The van der Waals surface area contributed by atoms with Crippen LogP contribution in [0.4, 0.5) is 4.79 Å². The van der Waals surface area contributed by atoms with E-state index in [4.69, 9.17) is 10.5 Å². The Balaban J connectivity index is 4.02. The van der Waals surface area contributed by atoms with Gasteiger partial charge in [0.15, 0.2) is 0 Å². The second kappa shape index (κ2) is 7.24. The van der Waals surface area contributed by atoms with Crippen LogP contribution in [0.3, 0.4) is 0 Å². The molecule has 0 aliphatic rings. The van der Waals surface area contributed by atoms with Gasteiger partial charge in [-0.15, -0.1) is 0 Å². The average Bonchev–Trinajstić information content (AvgIpc) is 2.26. The van der Waals surface area contributed by atoms with Gasteiger partial charge in [-0.2, -0.15) is 0 Å². The Kier molecular flexibility index (Phi) is 6.75. The van der Waals surface area contributed by atoms with E-state index in [9.17, 15) is 9.59 Å². The Morgan fingerprint density at radius 1 is 1.41 bits per heavy atom. The second-order valence-corrected chi connectivity index (χ2v) is 4.31. The van der Waals surface area contributed by atoms with Crippen molar-refractivity contribution in [1.29, 1.82) is 0 Å². The van der Waals surface area contributed by atoms with Gasteiger partial charge in [-0.3, -0.25) is 10.1 Å². The molecule has 17 heavy (non-hydrogen) atoms. The van der Waals surface area contributed by atoms with Gasteiger partial charge in [0, 0.05) is 12.1 Å². The normalized spacial score (nSPS) is 15.8. The zero-order valence-electron chi connectivity index (χ0n) is 11.0. The maximum absolute atomic E-state index is 11.5. The topological polar surface area (TPSA) is 93.5 Å². The van der Waals surface area contributed by atoms with Crippen molar-refractivity contribution >= 4 is 11.9 Å². The molecule has 6 heteroatoms. The van der Waals surface area contributed by atoms with E-state index < -0.39 is 23.6 Å². The lowest BCUT2D eigenvalue weighted by atomic mass is 10.0. The third-order valence-corrected chi connectivity index (χ3v) is 2.41. The Morgan fingerprint density at radius 3 is 2.47 bits per heavy atom. The zero-order valence-corrected chi connectivity index (χ0v) is 11.0. The molecule has 0 aromatic carbocycles. The fourth-order valence-electron chi connectivity index (χ4n) is 0.911. The number of carbonyl (C=O) groups excluding carboxylic acids is 2. The van der Waals surface area contributed by atoms with Gasteiger partial charge >= 0.3 is 6.03 Å². The summed E-state index contributed by atoms with van der Waals surface area (Å²) in [5.41, 5.74) is 5.42. The fraction of sp³-hybridized carbons (Fsp3) is 0.818. The molecule has 0 radical (unpaired) electrons. The van der Waals surface area contributed by atoms with Gasteiger partial charge < -0.3 is 15.8 Å². The number of nitrogens with one attached hydrogen (secondary N) is 2. The molecule has 3 amide bonds. The SMILES string of the molecule is CCNC(=O)NC(=O)C(C)OCC(C)(N)CC. The summed E-state index contributed by atoms with van der Waals surface area (Å²) < 4.78 is 5.32. The van der Waals surface area contributed by atoms with Gasteiger partial charge in [-0.25, -0.2) is 4.79 Å². The summed E-state index contributed by atoms with van der Waals surface area (Å²) in [6.07, 6.45) is 0.0459. The number of carbonyl (C=O) groups is 2. The number of rotatable bonds is 6. The van der Waals surface area contributed by atoms with E-state index in [1.807, 2.05) is 13.8 Å². The van der Waals surface area contributed by atoms with Crippen molar-refractivity contribution < 1.29 is 14.3 Å². The highest BCUT2D eigenvalue weighted by Crippen LogP contribution is 2.06. The van der Waals surface area contributed by atoms with E-state index in [2.05, 4.69) is 10.6 Å². The maximum atomic E-state index is 11.5. The van der Waals surface area contributed by atoms with Gasteiger partial charge in [0.25, 0.3) is 5.91 Å². The third-order valence-electron chi connectivity index (χ3n) is 2.41. The van der Waals surface area contributed by atoms with E-state index in [1.165, 1.54) is 0 Å². The molecular formula is C11H23N3O3. The first-order chi connectivity index (χ1) is 7.82. The lowest BCUT2D eigenvalue weighted by Gasteiger charge is -2.24. The highest BCUT2D eigenvalue weighted by molar-refractivity contribution is 5.96. The highest BCUT2D eigenvalue weighted by atomic mass is 16.5. The Hall–Kier alpha value is -1.14. The molecule has 0 aliphatic carbocycles. The number of nitrogens with two attached hydrogens (primary N) is 1. The first kappa shape index (κ1) is 15.9. The van der Waals surface area contributed by atoms with Crippen molar-refractivity contribution in [3.05, 3.63) is 0 Å². The van der Waals surface area contributed by atoms with E-state index in [0.717, 1.165) is 6.42 Å². The van der Waals surface area contributed by atoms with Crippen molar-refractivity contribution in [1.82, 2.24) is 10.6 Å². The van der Waals surface area contributed by atoms with E-state index >= 15 is 0 Å². The molecule has 0 aliphatic heterocycles. The molecule has 0 saturated heterocycles. The highest BCUT2D eigenvalue weighted by Gasteiger charge is 2.21. The summed E-state index contributed by atoms with van der Waals surface area (Å²) in [6, 6.07) is -0.515. The average molecular weight is 245 g/mol. The molecule has 0 saturated carbocycles. The second-order valence-electron chi connectivity index (χ2n) is 4.31. The Morgan fingerprint density at radius 2 is 2.00 bits per heavy atom. The lowest BCUT2D eigenvalue weighted by molar-refractivity contribution is -0.131. The molecule has 0 heterocycles. The molecular weight excluding hydrogens is 222 g/mol. The summed E-state index contributed by atoms with van der Waals surface area (Å²) in [5.74, 6) is -0.470. The third kappa shape index (κ3) is 6.91. The molecule has 100 valence electrons. The van der Waals surface area contributed by atoms with E-state index in [0.29, 0.717) is 6.54 Å². The van der Waals surface area contributed by atoms with Crippen LogP contribution in [0, 0.1) is 0 Å². The van der Waals surface area contributed by atoms with Gasteiger partial charge in [0.1, 0.15) is 6.10 Å². The Bertz CT molecular complexity index is 267. The van der Waals surface area contributed by atoms with Crippen molar-refractivity contribution in [2.24, 2.45) is 5.73 Å². The first-order valence-electron chi connectivity index (χ1n) is 5.81.